The first-order valence-electron chi connectivity index (χ1n) is 9.77. The maximum atomic E-state index is 6.35. The van der Waals surface area contributed by atoms with Crippen molar-refractivity contribution in [2.75, 3.05) is 31.6 Å². The average Bonchev–Trinajstić information content (AvgIpc) is 3.18. The van der Waals surface area contributed by atoms with Gasteiger partial charge in [0, 0.05) is 68.1 Å². The van der Waals surface area contributed by atoms with Crippen molar-refractivity contribution >= 4 is 16.7 Å². The van der Waals surface area contributed by atoms with E-state index in [1.807, 2.05) is 12.3 Å². The second-order valence-electron chi connectivity index (χ2n) is 7.61. The molecule has 6 nitrogen and oxygen atoms in total. The van der Waals surface area contributed by atoms with Gasteiger partial charge < -0.3 is 19.5 Å². The van der Waals surface area contributed by atoms with Crippen LogP contribution in [0.1, 0.15) is 24.1 Å². The van der Waals surface area contributed by atoms with Crippen LogP contribution in [0.5, 0.6) is 5.75 Å². The van der Waals surface area contributed by atoms with E-state index in [9.17, 15) is 0 Å². The van der Waals surface area contributed by atoms with Gasteiger partial charge in [-0.3, -0.25) is 0 Å². The van der Waals surface area contributed by atoms with Crippen LogP contribution in [0.4, 0.5) is 5.82 Å². The Morgan fingerprint density at radius 2 is 2.00 bits per heavy atom. The fourth-order valence-electron chi connectivity index (χ4n) is 4.26. The summed E-state index contributed by atoms with van der Waals surface area (Å²) in [6, 6.07) is 8.29. The van der Waals surface area contributed by atoms with E-state index in [2.05, 4.69) is 50.0 Å². The lowest BCUT2D eigenvalue weighted by Gasteiger charge is -2.35. The predicted octanol–water partition coefficient (Wildman–Crippen LogP) is 2.99. The van der Waals surface area contributed by atoms with E-state index in [1.54, 1.807) is 6.33 Å². The summed E-state index contributed by atoms with van der Waals surface area (Å²) in [5, 5.41) is 1.16. The summed E-state index contributed by atoms with van der Waals surface area (Å²) in [6.45, 7) is 3.96. The number of nitrogens with one attached hydrogen (secondary N) is 1. The molecule has 1 aromatic carbocycles. The average molecular weight is 363 g/mol. The third-order valence-electron chi connectivity index (χ3n) is 5.76. The molecule has 2 aromatic heterocycles. The number of H-pyrrole nitrogens is 1. The molecule has 0 bridgehead atoms. The highest BCUT2D eigenvalue weighted by molar-refractivity contribution is 5.85. The zero-order valence-corrected chi connectivity index (χ0v) is 15.7. The molecule has 1 fully saturated rings. The minimum absolute atomic E-state index is 0.252. The molecule has 0 spiro atoms. The molecule has 1 saturated heterocycles. The van der Waals surface area contributed by atoms with Crippen LogP contribution < -0.4 is 9.64 Å². The molecule has 2 aliphatic heterocycles. The number of anilines is 1. The summed E-state index contributed by atoms with van der Waals surface area (Å²) in [5.74, 6) is 2.10. The van der Waals surface area contributed by atoms with Gasteiger partial charge in [0.1, 0.15) is 24.0 Å². The highest BCUT2D eigenvalue weighted by Gasteiger charge is 2.26. The third-order valence-corrected chi connectivity index (χ3v) is 5.76. The highest BCUT2D eigenvalue weighted by atomic mass is 16.5. The van der Waals surface area contributed by atoms with E-state index in [0.717, 1.165) is 67.9 Å². The zero-order valence-electron chi connectivity index (χ0n) is 15.7. The molecule has 1 N–H and O–H groups in total. The number of aromatic amines is 1. The Morgan fingerprint density at radius 3 is 2.89 bits per heavy atom. The second-order valence-corrected chi connectivity index (χ2v) is 7.61. The molecule has 2 aliphatic rings. The van der Waals surface area contributed by atoms with Crippen molar-refractivity contribution in [1.29, 1.82) is 0 Å². The molecule has 3 aromatic rings. The molecule has 27 heavy (non-hydrogen) atoms. The van der Waals surface area contributed by atoms with Gasteiger partial charge in [0.05, 0.1) is 5.69 Å². The summed E-state index contributed by atoms with van der Waals surface area (Å²) in [6.07, 6.45) is 6.98. The van der Waals surface area contributed by atoms with Crippen molar-refractivity contribution in [3.8, 4) is 5.75 Å². The van der Waals surface area contributed by atoms with Gasteiger partial charge in [-0.1, -0.05) is 6.07 Å². The first-order valence-corrected chi connectivity index (χ1v) is 9.77. The number of ether oxygens (including phenoxy) is 1. The smallest absolute Gasteiger partial charge is 0.136 e. The molecule has 140 valence electrons. The van der Waals surface area contributed by atoms with Crippen molar-refractivity contribution in [2.24, 2.45) is 0 Å². The van der Waals surface area contributed by atoms with Crippen molar-refractivity contribution in [1.82, 2.24) is 19.9 Å². The monoisotopic (exact) mass is 363 g/mol. The maximum absolute atomic E-state index is 6.35. The number of likely N-dealkylation sites (N-methyl/N-ethyl adjacent to an activating group) is 1. The maximum Gasteiger partial charge on any atom is 0.136 e. The summed E-state index contributed by atoms with van der Waals surface area (Å²) >= 11 is 0. The standard InChI is InChI=1S/C21H25N5O/c1-25-10-8-19-17(13-25)21(24-14-23-19)26-11-6-15(7-12-26)27-20-4-2-3-18-16(20)5-9-22-18/h2-5,9,14-15,22H,6-8,10-13H2,1H3. The quantitative estimate of drug-likeness (QED) is 0.775. The normalized spacial score (nSPS) is 18.6. The number of hydrogen-bond donors (Lipinski definition) is 1. The highest BCUT2D eigenvalue weighted by Crippen LogP contribution is 2.30. The molecule has 6 heteroatoms. The van der Waals surface area contributed by atoms with Crippen LogP contribution in [0.2, 0.25) is 0 Å². The van der Waals surface area contributed by atoms with Gasteiger partial charge in [-0.15, -0.1) is 0 Å². The van der Waals surface area contributed by atoms with Crippen LogP contribution >= 0.6 is 0 Å². The van der Waals surface area contributed by atoms with E-state index in [-0.39, 0.29) is 6.10 Å². The number of hydrogen-bond acceptors (Lipinski definition) is 5. The van der Waals surface area contributed by atoms with E-state index >= 15 is 0 Å². The van der Waals surface area contributed by atoms with Crippen molar-refractivity contribution in [2.45, 2.75) is 31.9 Å². The van der Waals surface area contributed by atoms with Crippen LogP contribution in [-0.2, 0) is 13.0 Å². The lowest BCUT2D eigenvalue weighted by Crippen LogP contribution is -2.40. The number of rotatable bonds is 3. The Bertz CT molecular complexity index is 945. The van der Waals surface area contributed by atoms with Crippen LogP contribution in [0.15, 0.2) is 36.8 Å². The molecule has 0 atom stereocenters. The summed E-state index contributed by atoms with van der Waals surface area (Å²) < 4.78 is 6.35. The number of fused-ring (bicyclic) bond motifs is 2. The van der Waals surface area contributed by atoms with Gasteiger partial charge >= 0.3 is 0 Å². The summed E-state index contributed by atoms with van der Waals surface area (Å²) in [5.41, 5.74) is 3.65. The fraction of sp³-hybridized carbons (Fsp3) is 0.429. The van der Waals surface area contributed by atoms with Crippen LogP contribution in [0.3, 0.4) is 0 Å². The van der Waals surface area contributed by atoms with Crippen LogP contribution in [0.25, 0.3) is 10.9 Å². The van der Waals surface area contributed by atoms with Crippen LogP contribution in [-0.4, -0.2) is 52.6 Å². The Labute approximate surface area is 159 Å². The fourth-order valence-corrected chi connectivity index (χ4v) is 4.26. The minimum atomic E-state index is 0.252. The van der Waals surface area contributed by atoms with E-state index in [0.29, 0.717) is 0 Å². The lowest BCUT2D eigenvalue weighted by molar-refractivity contribution is 0.173. The first kappa shape index (κ1) is 16.6. The molecular weight excluding hydrogens is 338 g/mol. The molecule has 0 unspecified atom stereocenters. The zero-order chi connectivity index (χ0) is 18.2. The minimum Gasteiger partial charge on any atom is -0.490 e. The third kappa shape index (κ3) is 3.14. The predicted molar refractivity (Wildman–Crippen MR) is 106 cm³/mol. The number of aromatic nitrogens is 3. The second kappa shape index (κ2) is 6.85. The van der Waals surface area contributed by atoms with Gasteiger partial charge in [0.15, 0.2) is 0 Å². The van der Waals surface area contributed by atoms with Crippen LogP contribution in [0, 0.1) is 0 Å². The topological polar surface area (TPSA) is 57.3 Å². The molecule has 4 heterocycles. The van der Waals surface area contributed by atoms with E-state index in [4.69, 9.17) is 4.74 Å². The number of nitrogens with zero attached hydrogens (tertiary/aromatic N) is 4. The Morgan fingerprint density at radius 1 is 1.11 bits per heavy atom. The van der Waals surface area contributed by atoms with Gasteiger partial charge in [-0.2, -0.15) is 0 Å². The number of benzene rings is 1. The summed E-state index contributed by atoms with van der Waals surface area (Å²) in [4.78, 5) is 17.2. The van der Waals surface area contributed by atoms with E-state index < -0.39 is 0 Å². The Hall–Kier alpha value is -2.60. The van der Waals surface area contributed by atoms with Gasteiger partial charge in [-0.05, 0) is 25.2 Å². The molecule has 0 aliphatic carbocycles. The largest absolute Gasteiger partial charge is 0.490 e. The molecule has 0 radical (unpaired) electrons. The summed E-state index contributed by atoms with van der Waals surface area (Å²) in [7, 11) is 2.17. The lowest BCUT2D eigenvalue weighted by atomic mass is 10.0. The van der Waals surface area contributed by atoms with Gasteiger partial charge in [0.2, 0.25) is 0 Å². The van der Waals surface area contributed by atoms with Gasteiger partial charge in [0.25, 0.3) is 0 Å². The first-order chi connectivity index (χ1) is 13.3. The molecular formula is C21H25N5O. The van der Waals surface area contributed by atoms with Crippen molar-refractivity contribution < 1.29 is 4.74 Å². The number of piperidine rings is 1. The van der Waals surface area contributed by atoms with E-state index in [1.165, 1.54) is 11.3 Å². The molecule has 0 amide bonds. The van der Waals surface area contributed by atoms with Gasteiger partial charge in [-0.25, -0.2) is 9.97 Å². The Kier molecular flexibility index (Phi) is 4.20. The SMILES string of the molecule is CN1CCc2ncnc(N3CCC(Oc4cccc5[nH]ccc45)CC3)c2C1. The molecule has 0 saturated carbocycles. The Balaban J connectivity index is 1.29. The molecule has 5 rings (SSSR count). The van der Waals surface area contributed by atoms with Crippen molar-refractivity contribution in [3.05, 3.63) is 48.0 Å². The van der Waals surface area contributed by atoms with Crippen molar-refractivity contribution in [3.63, 3.8) is 0 Å².